The fourth-order valence-corrected chi connectivity index (χ4v) is 2.07. The number of carboxylic acid groups (broad SMARTS) is 1. The second kappa shape index (κ2) is 4.25. The van der Waals surface area contributed by atoms with E-state index in [1.54, 1.807) is 0 Å². The van der Waals surface area contributed by atoms with Crippen LogP contribution >= 0.6 is 0 Å². The Hall–Kier alpha value is -1.36. The lowest BCUT2D eigenvalue weighted by atomic mass is 10.1. The number of halogens is 1. The molecule has 0 spiro atoms. The van der Waals surface area contributed by atoms with E-state index in [4.69, 9.17) is 9.53 Å². The maximum atomic E-state index is 13.3. The van der Waals surface area contributed by atoms with Gasteiger partial charge in [-0.3, -0.25) is 0 Å². The fraction of sp³-hybridized carbons (Fsp3) is 0.364. The molecule has 16 heavy (non-hydrogen) atoms. The van der Waals surface area contributed by atoms with Crippen molar-refractivity contribution < 1.29 is 18.7 Å². The quantitative estimate of drug-likeness (QED) is 0.829. The minimum absolute atomic E-state index is 0.0151. The number of carbonyl (C=O) groups is 1. The lowest BCUT2D eigenvalue weighted by Gasteiger charge is -2.21. The van der Waals surface area contributed by atoms with E-state index >= 15 is 0 Å². The zero-order valence-corrected chi connectivity index (χ0v) is 10.8. The molecule has 3 nitrogen and oxygen atoms in total. The average molecular weight is 242 g/mol. The van der Waals surface area contributed by atoms with Gasteiger partial charge in [-0.25, -0.2) is 9.18 Å². The predicted molar refractivity (Wildman–Crippen MR) is 62.1 cm³/mol. The molecule has 0 saturated carbocycles. The van der Waals surface area contributed by atoms with E-state index in [0.717, 1.165) is 6.07 Å². The van der Waals surface area contributed by atoms with Crippen molar-refractivity contribution in [1.29, 1.82) is 0 Å². The van der Waals surface area contributed by atoms with Gasteiger partial charge in [0.15, 0.2) is 0 Å². The summed E-state index contributed by atoms with van der Waals surface area (Å²) >= 11 is 0. The molecule has 0 unspecified atom stereocenters. The van der Waals surface area contributed by atoms with E-state index in [1.807, 2.05) is 19.6 Å². The Balaban J connectivity index is 3.25. The maximum Gasteiger partial charge on any atom is 0.339 e. The summed E-state index contributed by atoms with van der Waals surface area (Å²) in [5.74, 6) is -1.43. The van der Waals surface area contributed by atoms with Gasteiger partial charge in [-0.05, 0) is 38.2 Å². The summed E-state index contributed by atoms with van der Waals surface area (Å²) in [6.45, 7) is 7.27. The summed E-state index contributed by atoms with van der Waals surface area (Å²) in [6.07, 6.45) is 0. The fourth-order valence-electron chi connectivity index (χ4n) is 1.24. The first-order chi connectivity index (χ1) is 7.20. The molecule has 1 aromatic rings. The van der Waals surface area contributed by atoms with Gasteiger partial charge in [-0.2, -0.15) is 0 Å². The summed E-state index contributed by atoms with van der Waals surface area (Å²) in [5, 5.41) is 8.99. The lowest BCUT2D eigenvalue weighted by molar-refractivity contribution is 0.0694. The highest BCUT2D eigenvalue weighted by atomic mass is 28.4. The van der Waals surface area contributed by atoms with Gasteiger partial charge in [0.1, 0.15) is 17.1 Å². The number of rotatable bonds is 3. The van der Waals surface area contributed by atoms with Crippen LogP contribution in [-0.2, 0) is 0 Å². The highest BCUT2D eigenvalue weighted by Gasteiger charge is 2.21. The SMILES string of the molecule is Cc1cc(C(=O)O)c(O[Si](C)(C)C)cc1F. The van der Waals surface area contributed by atoms with Gasteiger partial charge in [0, 0.05) is 6.07 Å². The van der Waals surface area contributed by atoms with E-state index in [9.17, 15) is 9.18 Å². The molecule has 0 aliphatic rings. The Morgan fingerprint density at radius 3 is 2.38 bits per heavy atom. The molecule has 0 bridgehead atoms. The molecule has 0 aliphatic heterocycles. The van der Waals surface area contributed by atoms with Crippen LogP contribution in [-0.4, -0.2) is 19.4 Å². The Morgan fingerprint density at radius 1 is 1.38 bits per heavy atom. The topological polar surface area (TPSA) is 46.5 Å². The van der Waals surface area contributed by atoms with Gasteiger partial charge >= 0.3 is 5.97 Å². The van der Waals surface area contributed by atoms with Gasteiger partial charge in [-0.1, -0.05) is 0 Å². The molecule has 1 N–H and O–H groups in total. The number of carboxylic acids is 1. The van der Waals surface area contributed by atoms with Crippen LogP contribution in [0.3, 0.4) is 0 Å². The summed E-state index contributed by atoms with van der Waals surface area (Å²) in [5.41, 5.74) is 0.321. The van der Waals surface area contributed by atoms with Crippen LogP contribution in [0.1, 0.15) is 15.9 Å². The van der Waals surface area contributed by atoms with Crippen molar-refractivity contribution in [2.45, 2.75) is 26.6 Å². The minimum atomic E-state index is -1.95. The third kappa shape index (κ3) is 3.06. The Morgan fingerprint density at radius 2 is 1.94 bits per heavy atom. The Kier molecular flexibility index (Phi) is 3.37. The van der Waals surface area contributed by atoms with E-state index in [2.05, 4.69) is 0 Å². The maximum absolute atomic E-state index is 13.3. The second-order valence-electron chi connectivity index (χ2n) is 4.62. The van der Waals surface area contributed by atoms with Gasteiger partial charge in [0.05, 0.1) is 0 Å². The average Bonchev–Trinajstić information content (AvgIpc) is 2.07. The second-order valence-corrected chi connectivity index (χ2v) is 9.05. The molecule has 0 aliphatic carbocycles. The first-order valence-electron chi connectivity index (χ1n) is 4.93. The zero-order chi connectivity index (χ0) is 12.5. The zero-order valence-electron chi connectivity index (χ0n) is 9.80. The first-order valence-corrected chi connectivity index (χ1v) is 8.34. The van der Waals surface area contributed by atoms with Crippen LogP contribution in [0.4, 0.5) is 4.39 Å². The summed E-state index contributed by atoms with van der Waals surface area (Å²) in [4.78, 5) is 11.0. The summed E-state index contributed by atoms with van der Waals surface area (Å²) in [7, 11) is -1.95. The van der Waals surface area contributed by atoms with Crippen LogP contribution in [0.15, 0.2) is 12.1 Å². The highest BCUT2D eigenvalue weighted by Crippen LogP contribution is 2.25. The molecule has 0 heterocycles. The predicted octanol–water partition coefficient (Wildman–Crippen LogP) is 3.05. The molecule has 0 aromatic heterocycles. The van der Waals surface area contributed by atoms with Crippen molar-refractivity contribution in [2.75, 3.05) is 0 Å². The standard InChI is InChI=1S/C11H15FO3Si/c1-7-5-8(11(13)14)10(6-9(7)12)15-16(2,3)4/h5-6H,1-4H3,(H,13,14). The third-order valence-electron chi connectivity index (χ3n) is 1.91. The van der Waals surface area contributed by atoms with E-state index in [1.165, 1.54) is 13.0 Å². The van der Waals surface area contributed by atoms with Crippen molar-refractivity contribution in [3.8, 4) is 5.75 Å². The molecular formula is C11H15FO3Si. The number of aromatic carboxylic acids is 1. The van der Waals surface area contributed by atoms with Crippen LogP contribution in [0.5, 0.6) is 5.75 Å². The molecule has 1 aromatic carbocycles. The summed E-state index contributed by atoms with van der Waals surface area (Å²) < 4.78 is 18.9. The Labute approximate surface area is 95.0 Å². The largest absolute Gasteiger partial charge is 0.544 e. The van der Waals surface area contributed by atoms with Crippen LogP contribution in [0, 0.1) is 12.7 Å². The van der Waals surface area contributed by atoms with Gasteiger partial charge in [0.25, 0.3) is 0 Å². The third-order valence-corrected chi connectivity index (χ3v) is 2.74. The molecule has 0 saturated heterocycles. The van der Waals surface area contributed by atoms with Gasteiger partial charge < -0.3 is 9.53 Å². The van der Waals surface area contributed by atoms with E-state index in [-0.39, 0.29) is 11.3 Å². The monoisotopic (exact) mass is 242 g/mol. The number of hydrogen-bond acceptors (Lipinski definition) is 2. The van der Waals surface area contributed by atoms with Crippen LogP contribution in [0.25, 0.3) is 0 Å². The van der Waals surface area contributed by atoms with Gasteiger partial charge in [0.2, 0.25) is 8.32 Å². The molecule has 1 rings (SSSR count). The van der Waals surface area contributed by atoms with Crippen LogP contribution < -0.4 is 4.43 Å². The number of hydrogen-bond donors (Lipinski definition) is 1. The highest BCUT2D eigenvalue weighted by molar-refractivity contribution is 6.70. The molecule has 0 radical (unpaired) electrons. The van der Waals surface area contributed by atoms with Crippen LogP contribution in [0.2, 0.25) is 19.6 Å². The van der Waals surface area contributed by atoms with E-state index < -0.39 is 20.1 Å². The normalized spacial score (nSPS) is 11.3. The van der Waals surface area contributed by atoms with Crippen molar-refractivity contribution in [1.82, 2.24) is 0 Å². The molecule has 88 valence electrons. The number of aryl methyl sites for hydroxylation is 1. The molecule has 0 atom stereocenters. The smallest absolute Gasteiger partial charge is 0.339 e. The van der Waals surface area contributed by atoms with Crippen molar-refractivity contribution in [2.24, 2.45) is 0 Å². The van der Waals surface area contributed by atoms with E-state index in [0.29, 0.717) is 5.56 Å². The molecular weight excluding hydrogens is 227 g/mol. The molecule has 5 heteroatoms. The molecule has 0 fully saturated rings. The van der Waals surface area contributed by atoms with Gasteiger partial charge in [-0.15, -0.1) is 0 Å². The lowest BCUT2D eigenvalue weighted by Crippen LogP contribution is -2.30. The number of benzene rings is 1. The first kappa shape index (κ1) is 12.7. The van der Waals surface area contributed by atoms with Crippen molar-refractivity contribution in [3.05, 3.63) is 29.1 Å². The van der Waals surface area contributed by atoms with Crippen molar-refractivity contribution in [3.63, 3.8) is 0 Å². The Bertz CT molecular complexity index is 424. The minimum Gasteiger partial charge on any atom is -0.544 e. The van der Waals surface area contributed by atoms with Crippen molar-refractivity contribution >= 4 is 14.3 Å². The summed E-state index contributed by atoms with van der Waals surface area (Å²) in [6, 6.07) is 2.45. The molecule has 0 amide bonds.